The van der Waals surface area contributed by atoms with Gasteiger partial charge in [0.15, 0.2) is 5.13 Å². The molecule has 0 bridgehead atoms. The molecule has 0 radical (unpaired) electrons. The van der Waals surface area contributed by atoms with Crippen LogP contribution in [0.1, 0.15) is 16.9 Å². The van der Waals surface area contributed by atoms with E-state index >= 15 is 0 Å². The highest BCUT2D eigenvalue weighted by atomic mass is 32.1. The van der Waals surface area contributed by atoms with E-state index in [0.29, 0.717) is 0 Å². The molecule has 2 aromatic rings. The fourth-order valence-electron chi connectivity index (χ4n) is 2.88. The van der Waals surface area contributed by atoms with Crippen molar-refractivity contribution in [3.63, 3.8) is 0 Å². The second kappa shape index (κ2) is 7.86. The summed E-state index contributed by atoms with van der Waals surface area (Å²) in [5.41, 5.74) is 1.35. The van der Waals surface area contributed by atoms with Crippen LogP contribution < -0.4 is 4.90 Å². The summed E-state index contributed by atoms with van der Waals surface area (Å²) in [6, 6.07) is 4.23. The number of aromatic nitrogens is 2. The predicted octanol–water partition coefficient (Wildman–Crippen LogP) is 2.31. The Morgan fingerprint density at radius 1 is 1.04 bits per heavy atom. The molecule has 0 atom stereocenters. The molecule has 124 valence electrons. The summed E-state index contributed by atoms with van der Waals surface area (Å²) in [5, 5.41) is 1.09. The molecule has 0 amide bonds. The van der Waals surface area contributed by atoms with Gasteiger partial charge in [-0.1, -0.05) is 0 Å². The lowest BCUT2D eigenvalue weighted by molar-refractivity contribution is 0.248. The fourth-order valence-corrected chi connectivity index (χ4v) is 3.76. The van der Waals surface area contributed by atoms with Gasteiger partial charge in [0.05, 0.1) is 0 Å². The Labute approximate surface area is 142 Å². The average Bonchev–Trinajstić information content (AvgIpc) is 2.91. The molecule has 0 N–H and O–H groups in total. The lowest BCUT2D eigenvalue weighted by atomic mass is 10.2. The molecular formula is C17H25N5S. The summed E-state index contributed by atoms with van der Waals surface area (Å²) in [7, 11) is 4.09. The molecule has 1 fully saturated rings. The van der Waals surface area contributed by atoms with E-state index in [0.717, 1.165) is 31.3 Å². The van der Waals surface area contributed by atoms with E-state index in [1.54, 1.807) is 11.3 Å². The van der Waals surface area contributed by atoms with Crippen LogP contribution in [-0.2, 0) is 13.1 Å². The van der Waals surface area contributed by atoms with E-state index in [1.807, 2.05) is 32.7 Å². The highest BCUT2D eigenvalue weighted by Gasteiger charge is 2.16. The van der Waals surface area contributed by atoms with Gasteiger partial charge in [0, 0.05) is 63.7 Å². The van der Waals surface area contributed by atoms with Crippen molar-refractivity contribution >= 4 is 16.5 Å². The first-order valence-corrected chi connectivity index (χ1v) is 8.98. The van der Waals surface area contributed by atoms with Gasteiger partial charge in [-0.05, 0) is 37.2 Å². The minimum atomic E-state index is 1.02. The molecule has 1 saturated heterocycles. The van der Waals surface area contributed by atoms with Crippen molar-refractivity contribution in [1.82, 2.24) is 19.8 Å². The first-order chi connectivity index (χ1) is 11.2. The van der Waals surface area contributed by atoms with E-state index < -0.39 is 0 Å². The minimum Gasteiger partial charge on any atom is -0.354 e. The molecule has 2 aromatic heterocycles. The lowest BCUT2D eigenvalue weighted by Gasteiger charge is -2.21. The molecule has 6 heteroatoms. The number of hydrogen-bond acceptors (Lipinski definition) is 6. The maximum atomic E-state index is 4.48. The van der Waals surface area contributed by atoms with Crippen LogP contribution in [0.3, 0.4) is 0 Å². The van der Waals surface area contributed by atoms with Gasteiger partial charge in [0.25, 0.3) is 0 Å². The molecule has 3 rings (SSSR count). The monoisotopic (exact) mass is 331 g/mol. The highest BCUT2D eigenvalue weighted by molar-refractivity contribution is 7.15. The summed E-state index contributed by atoms with van der Waals surface area (Å²) < 4.78 is 0. The minimum absolute atomic E-state index is 1.02. The van der Waals surface area contributed by atoms with Gasteiger partial charge < -0.3 is 4.90 Å². The number of thiazole rings is 1. The molecule has 0 unspecified atom stereocenters. The first-order valence-electron chi connectivity index (χ1n) is 8.16. The van der Waals surface area contributed by atoms with E-state index in [9.17, 15) is 0 Å². The Morgan fingerprint density at radius 2 is 1.74 bits per heavy atom. The third kappa shape index (κ3) is 4.73. The van der Waals surface area contributed by atoms with Crippen LogP contribution in [0.4, 0.5) is 5.13 Å². The molecule has 3 heterocycles. The predicted molar refractivity (Wildman–Crippen MR) is 95.8 cm³/mol. The fraction of sp³-hybridized carbons (Fsp3) is 0.529. The maximum Gasteiger partial charge on any atom is 0.185 e. The number of rotatable bonds is 5. The third-order valence-electron chi connectivity index (χ3n) is 4.14. The van der Waals surface area contributed by atoms with Crippen LogP contribution in [0.25, 0.3) is 0 Å². The van der Waals surface area contributed by atoms with E-state index in [-0.39, 0.29) is 0 Å². The third-order valence-corrected chi connectivity index (χ3v) is 5.29. The van der Waals surface area contributed by atoms with E-state index in [4.69, 9.17) is 0 Å². The summed E-state index contributed by atoms with van der Waals surface area (Å²) in [6.45, 7) is 6.64. The Morgan fingerprint density at radius 3 is 2.39 bits per heavy atom. The summed E-state index contributed by atoms with van der Waals surface area (Å²) in [6.07, 6.45) is 7.02. The van der Waals surface area contributed by atoms with Gasteiger partial charge in [-0.2, -0.15) is 0 Å². The van der Waals surface area contributed by atoms with Crippen molar-refractivity contribution in [3.8, 4) is 0 Å². The molecule has 0 aromatic carbocycles. The summed E-state index contributed by atoms with van der Waals surface area (Å²) in [4.78, 5) is 17.1. The maximum absolute atomic E-state index is 4.48. The second-order valence-electron chi connectivity index (χ2n) is 6.26. The first kappa shape index (κ1) is 16.4. The van der Waals surface area contributed by atoms with Crippen LogP contribution in [-0.4, -0.2) is 60.0 Å². The van der Waals surface area contributed by atoms with Crippen molar-refractivity contribution in [3.05, 3.63) is 41.2 Å². The van der Waals surface area contributed by atoms with Gasteiger partial charge in [-0.25, -0.2) is 4.98 Å². The molecule has 1 aliphatic rings. The van der Waals surface area contributed by atoms with Gasteiger partial charge in [0.1, 0.15) is 0 Å². The van der Waals surface area contributed by atoms with Gasteiger partial charge in [-0.3, -0.25) is 14.8 Å². The van der Waals surface area contributed by atoms with Gasteiger partial charge in [-0.15, -0.1) is 11.3 Å². The zero-order chi connectivity index (χ0) is 16.1. The molecule has 0 aliphatic carbocycles. The van der Waals surface area contributed by atoms with Crippen LogP contribution in [0, 0.1) is 0 Å². The van der Waals surface area contributed by atoms with Crippen LogP contribution >= 0.6 is 11.3 Å². The summed E-state index contributed by atoms with van der Waals surface area (Å²) >= 11 is 1.80. The van der Waals surface area contributed by atoms with Crippen molar-refractivity contribution < 1.29 is 0 Å². The smallest absolute Gasteiger partial charge is 0.185 e. The second-order valence-corrected chi connectivity index (χ2v) is 7.36. The van der Waals surface area contributed by atoms with Gasteiger partial charge >= 0.3 is 0 Å². The lowest BCUT2D eigenvalue weighted by Crippen LogP contribution is -2.30. The van der Waals surface area contributed by atoms with Crippen LogP contribution in [0.15, 0.2) is 30.7 Å². The Bertz CT molecular complexity index is 598. The van der Waals surface area contributed by atoms with E-state index in [2.05, 4.69) is 36.8 Å². The zero-order valence-electron chi connectivity index (χ0n) is 14.0. The Kier molecular flexibility index (Phi) is 5.59. The molecule has 0 spiro atoms. The number of anilines is 1. The van der Waals surface area contributed by atoms with Crippen molar-refractivity contribution in [2.75, 3.05) is 45.2 Å². The largest absolute Gasteiger partial charge is 0.354 e. The number of hydrogen-bond donors (Lipinski definition) is 0. The van der Waals surface area contributed by atoms with Crippen LogP contribution in [0.2, 0.25) is 0 Å². The molecule has 5 nitrogen and oxygen atoms in total. The van der Waals surface area contributed by atoms with Crippen LogP contribution in [0.5, 0.6) is 0 Å². The quantitative estimate of drug-likeness (QED) is 0.840. The zero-order valence-corrected chi connectivity index (χ0v) is 14.8. The Hall–Kier alpha value is -1.50. The molecule has 0 saturated carbocycles. The van der Waals surface area contributed by atoms with Crippen molar-refractivity contribution in [2.24, 2.45) is 0 Å². The summed E-state index contributed by atoms with van der Waals surface area (Å²) in [5.74, 6) is 0. The molecular weight excluding hydrogens is 306 g/mol. The molecule has 23 heavy (non-hydrogen) atoms. The van der Waals surface area contributed by atoms with Crippen molar-refractivity contribution in [1.29, 1.82) is 0 Å². The highest BCUT2D eigenvalue weighted by Crippen LogP contribution is 2.22. The average molecular weight is 331 g/mol. The number of nitrogens with zero attached hydrogens (tertiary/aromatic N) is 5. The van der Waals surface area contributed by atoms with E-state index in [1.165, 1.54) is 30.0 Å². The van der Waals surface area contributed by atoms with Crippen molar-refractivity contribution in [2.45, 2.75) is 19.5 Å². The number of pyridine rings is 1. The normalized spacial score (nSPS) is 17.1. The standard InChI is InChI=1S/C17H25N5S/c1-20(2)17-19-12-16(23-17)14-22-9-3-8-21(10-11-22)13-15-4-6-18-7-5-15/h4-7,12H,3,8-11,13-14H2,1-2H3. The van der Waals surface area contributed by atoms with Gasteiger partial charge in [0.2, 0.25) is 0 Å². The SMILES string of the molecule is CN(C)c1ncc(CN2CCCN(Cc3ccncc3)CC2)s1. The molecule has 1 aliphatic heterocycles. The Balaban J connectivity index is 1.51. The topological polar surface area (TPSA) is 35.5 Å².